The fourth-order valence-corrected chi connectivity index (χ4v) is 2.41. The first-order valence-corrected chi connectivity index (χ1v) is 6.39. The van der Waals surface area contributed by atoms with Gasteiger partial charge in [0.1, 0.15) is 0 Å². The van der Waals surface area contributed by atoms with Crippen LogP contribution in [0.15, 0.2) is 18.2 Å². The molecule has 1 atom stereocenters. The number of amides is 1. The quantitative estimate of drug-likeness (QED) is 0.869. The smallest absolute Gasteiger partial charge is 0.253 e. The lowest BCUT2D eigenvalue weighted by atomic mass is 10.1. The predicted molar refractivity (Wildman–Crippen MR) is 69.8 cm³/mol. The molecule has 5 heteroatoms. The molecule has 0 saturated carbocycles. The molecule has 1 aliphatic rings. The molecule has 0 spiro atoms. The van der Waals surface area contributed by atoms with E-state index in [9.17, 15) is 4.79 Å². The Balaban J connectivity index is 2.03. The number of hydrogen-bond acceptors (Lipinski definition) is 2. The van der Waals surface area contributed by atoms with Gasteiger partial charge in [0.15, 0.2) is 0 Å². The summed E-state index contributed by atoms with van der Waals surface area (Å²) in [4.78, 5) is 12.0. The number of benzene rings is 1. The number of nitrogens with one attached hydrogen (secondary N) is 2. The molecule has 1 fully saturated rings. The van der Waals surface area contributed by atoms with Crippen LogP contribution in [0.1, 0.15) is 23.2 Å². The molecule has 92 valence electrons. The van der Waals surface area contributed by atoms with Crippen molar-refractivity contribution in [2.24, 2.45) is 0 Å². The van der Waals surface area contributed by atoms with Gasteiger partial charge in [-0.1, -0.05) is 23.2 Å². The number of halogens is 2. The Morgan fingerprint density at radius 3 is 2.88 bits per heavy atom. The third kappa shape index (κ3) is 3.35. The van der Waals surface area contributed by atoms with Crippen molar-refractivity contribution in [2.75, 3.05) is 13.1 Å². The van der Waals surface area contributed by atoms with E-state index >= 15 is 0 Å². The second-order valence-corrected chi connectivity index (χ2v) is 4.98. The van der Waals surface area contributed by atoms with Crippen LogP contribution in [-0.4, -0.2) is 25.0 Å². The van der Waals surface area contributed by atoms with E-state index in [1.165, 1.54) is 0 Å². The van der Waals surface area contributed by atoms with Gasteiger partial charge in [0.2, 0.25) is 0 Å². The van der Waals surface area contributed by atoms with E-state index in [-0.39, 0.29) is 11.9 Å². The molecule has 1 aromatic carbocycles. The van der Waals surface area contributed by atoms with Gasteiger partial charge in [-0.05, 0) is 37.6 Å². The summed E-state index contributed by atoms with van der Waals surface area (Å²) in [6, 6.07) is 5.08. The third-order valence-corrected chi connectivity index (χ3v) is 3.36. The van der Waals surface area contributed by atoms with Gasteiger partial charge in [0, 0.05) is 17.6 Å². The van der Waals surface area contributed by atoms with Crippen LogP contribution in [0.25, 0.3) is 0 Å². The molecule has 0 aromatic heterocycles. The van der Waals surface area contributed by atoms with Crippen molar-refractivity contribution in [3.63, 3.8) is 0 Å². The van der Waals surface area contributed by atoms with E-state index in [0.717, 1.165) is 25.9 Å². The van der Waals surface area contributed by atoms with E-state index in [4.69, 9.17) is 23.2 Å². The molecule has 0 bridgehead atoms. The second-order valence-electron chi connectivity index (χ2n) is 4.14. The summed E-state index contributed by atoms with van der Waals surface area (Å²) in [6.45, 7) is 1.84. The van der Waals surface area contributed by atoms with E-state index in [0.29, 0.717) is 15.6 Å². The summed E-state index contributed by atoms with van der Waals surface area (Å²) in [7, 11) is 0. The molecular weight excluding hydrogens is 259 g/mol. The van der Waals surface area contributed by atoms with E-state index < -0.39 is 0 Å². The molecule has 1 aliphatic heterocycles. The van der Waals surface area contributed by atoms with Gasteiger partial charge in [-0.2, -0.15) is 0 Å². The molecule has 2 rings (SSSR count). The van der Waals surface area contributed by atoms with Crippen LogP contribution in [0.2, 0.25) is 10.0 Å². The molecular formula is C12H14Cl2N2O. The van der Waals surface area contributed by atoms with Crippen molar-refractivity contribution in [1.82, 2.24) is 10.6 Å². The highest BCUT2D eigenvalue weighted by Gasteiger charge is 2.17. The zero-order valence-electron chi connectivity index (χ0n) is 9.30. The van der Waals surface area contributed by atoms with Crippen molar-refractivity contribution in [3.8, 4) is 0 Å². The maximum atomic E-state index is 12.0. The van der Waals surface area contributed by atoms with Gasteiger partial charge in [-0.3, -0.25) is 4.79 Å². The highest BCUT2D eigenvalue weighted by molar-refractivity contribution is 6.36. The van der Waals surface area contributed by atoms with Crippen LogP contribution in [0.4, 0.5) is 0 Å². The minimum absolute atomic E-state index is 0.139. The van der Waals surface area contributed by atoms with E-state index in [1.54, 1.807) is 18.2 Å². The molecule has 1 heterocycles. The number of carbonyl (C=O) groups is 1. The lowest BCUT2D eigenvalue weighted by molar-refractivity contribution is 0.0931. The summed E-state index contributed by atoms with van der Waals surface area (Å²) in [5.74, 6) is -0.139. The molecule has 1 amide bonds. The Kier molecular flexibility index (Phi) is 4.26. The highest BCUT2D eigenvalue weighted by Crippen LogP contribution is 2.21. The Hall–Kier alpha value is -0.770. The van der Waals surface area contributed by atoms with Gasteiger partial charge in [0.25, 0.3) is 5.91 Å². The zero-order valence-corrected chi connectivity index (χ0v) is 10.8. The van der Waals surface area contributed by atoms with E-state index in [2.05, 4.69) is 10.6 Å². The van der Waals surface area contributed by atoms with Gasteiger partial charge >= 0.3 is 0 Å². The first-order valence-electron chi connectivity index (χ1n) is 5.63. The van der Waals surface area contributed by atoms with Crippen LogP contribution in [0.5, 0.6) is 0 Å². The van der Waals surface area contributed by atoms with Crippen LogP contribution < -0.4 is 10.6 Å². The maximum absolute atomic E-state index is 12.0. The van der Waals surface area contributed by atoms with Gasteiger partial charge < -0.3 is 10.6 Å². The minimum Gasteiger partial charge on any atom is -0.348 e. The largest absolute Gasteiger partial charge is 0.348 e. The number of carbonyl (C=O) groups excluding carboxylic acids is 1. The topological polar surface area (TPSA) is 41.1 Å². The number of piperidine rings is 1. The normalized spacial score (nSPS) is 20.0. The fraction of sp³-hybridized carbons (Fsp3) is 0.417. The average Bonchev–Trinajstić information content (AvgIpc) is 2.30. The maximum Gasteiger partial charge on any atom is 0.253 e. The Bertz CT molecular complexity index is 417. The van der Waals surface area contributed by atoms with Gasteiger partial charge in [0.05, 0.1) is 10.6 Å². The zero-order chi connectivity index (χ0) is 12.3. The molecule has 2 N–H and O–H groups in total. The molecule has 1 aromatic rings. The Labute approximate surface area is 110 Å². The SMILES string of the molecule is O=C(N[C@@H]1CCCNC1)c1ccc(Cl)cc1Cl. The van der Waals surface area contributed by atoms with Gasteiger partial charge in [-0.25, -0.2) is 0 Å². The predicted octanol–water partition coefficient (Wildman–Crippen LogP) is 2.48. The second kappa shape index (κ2) is 5.71. The lowest BCUT2D eigenvalue weighted by Crippen LogP contribution is -2.45. The summed E-state index contributed by atoms with van der Waals surface area (Å²) in [5.41, 5.74) is 0.474. The van der Waals surface area contributed by atoms with Crippen molar-refractivity contribution in [2.45, 2.75) is 18.9 Å². The molecule has 17 heavy (non-hydrogen) atoms. The van der Waals surface area contributed by atoms with Crippen molar-refractivity contribution < 1.29 is 4.79 Å². The van der Waals surface area contributed by atoms with Gasteiger partial charge in [-0.15, -0.1) is 0 Å². The van der Waals surface area contributed by atoms with Crippen molar-refractivity contribution in [3.05, 3.63) is 33.8 Å². The van der Waals surface area contributed by atoms with Crippen LogP contribution in [0.3, 0.4) is 0 Å². The first kappa shape index (κ1) is 12.7. The van der Waals surface area contributed by atoms with E-state index in [1.807, 2.05) is 0 Å². The fourth-order valence-electron chi connectivity index (χ4n) is 1.91. The van der Waals surface area contributed by atoms with Crippen molar-refractivity contribution in [1.29, 1.82) is 0 Å². The summed E-state index contributed by atoms with van der Waals surface area (Å²) in [6.07, 6.45) is 2.09. The number of rotatable bonds is 2. The third-order valence-electron chi connectivity index (χ3n) is 2.81. The molecule has 0 unspecified atom stereocenters. The average molecular weight is 273 g/mol. The van der Waals surface area contributed by atoms with Crippen LogP contribution >= 0.6 is 23.2 Å². The summed E-state index contributed by atoms with van der Waals surface area (Å²) >= 11 is 11.8. The van der Waals surface area contributed by atoms with Crippen LogP contribution in [-0.2, 0) is 0 Å². The highest BCUT2D eigenvalue weighted by atomic mass is 35.5. The van der Waals surface area contributed by atoms with Crippen LogP contribution in [0, 0.1) is 0 Å². The van der Waals surface area contributed by atoms with Crippen molar-refractivity contribution >= 4 is 29.1 Å². The number of hydrogen-bond donors (Lipinski definition) is 2. The Morgan fingerprint density at radius 1 is 1.41 bits per heavy atom. The monoisotopic (exact) mass is 272 g/mol. The molecule has 1 saturated heterocycles. The Morgan fingerprint density at radius 2 is 2.24 bits per heavy atom. The minimum atomic E-state index is -0.139. The lowest BCUT2D eigenvalue weighted by Gasteiger charge is -2.23. The molecule has 3 nitrogen and oxygen atoms in total. The summed E-state index contributed by atoms with van der Waals surface area (Å²) in [5, 5.41) is 7.13. The first-order chi connectivity index (χ1) is 8.16. The standard InChI is InChI=1S/C12H14Cl2N2O/c13-8-3-4-10(11(14)6-8)12(17)16-9-2-1-5-15-7-9/h3-4,6,9,15H,1-2,5,7H2,(H,16,17)/t9-/m1/s1. The molecule has 0 radical (unpaired) electrons. The molecule has 0 aliphatic carbocycles. The summed E-state index contributed by atoms with van der Waals surface area (Å²) < 4.78 is 0.